The fourth-order valence-corrected chi connectivity index (χ4v) is 3.43. The number of nitrogens with two attached hydrogens (primary N) is 1. The van der Waals surface area contributed by atoms with Crippen LogP contribution in [0.2, 0.25) is 0 Å². The molecule has 1 aliphatic carbocycles. The van der Waals surface area contributed by atoms with Crippen LogP contribution in [0.15, 0.2) is 39.8 Å². The molecule has 1 fully saturated rings. The third-order valence-electron chi connectivity index (χ3n) is 4.17. The van der Waals surface area contributed by atoms with E-state index in [4.69, 9.17) is 10.3 Å². The van der Waals surface area contributed by atoms with E-state index in [1.54, 1.807) is 11.8 Å². The summed E-state index contributed by atoms with van der Waals surface area (Å²) in [4.78, 5) is 5.73. The summed E-state index contributed by atoms with van der Waals surface area (Å²) in [7, 11) is 0. The Labute approximate surface area is 129 Å². The summed E-state index contributed by atoms with van der Waals surface area (Å²) in [5, 5.41) is 4.08. The molecule has 3 rings (SSSR count). The van der Waals surface area contributed by atoms with E-state index in [1.165, 1.54) is 4.90 Å². The summed E-state index contributed by atoms with van der Waals surface area (Å²) in [6.45, 7) is 2.27. The number of rotatable bonds is 4. The number of thioether (sulfide) groups is 1. The molecule has 1 aliphatic rings. The lowest BCUT2D eigenvalue weighted by molar-refractivity contribution is 0.190. The highest BCUT2D eigenvalue weighted by molar-refractivity contribution is 7.98. The molecule has 21 heavy (non-hydrogen) atoms. The summed E-state index contributed by atoms with van der Waals surface area (Å²) in [5.41, 5.74) is 6.04. The first-order valence-corrected chi connectivity index (χ1v) is 8.44. The molecule has 5 heteroatoms. The van der Waals surface area contributed by atoms with Gasteiger partial charge in [-0.05, 0) is 43.7 Å². The topological polar surface area (TPSA) is 64.9 Å². The molecule has 0 unspecified atom stereocenters. The SMILES string of the molecule is CC1CCC(N)(c2nc(CSc3ccccc3)no2)CC1. The molecule has 2 N–H and O–H groups in total. The fourth-order valence-electron chi connectivity index (χ4n) is 2.67. The minimum atomic E-state index is -0.421. The van der Waals surface area contributed by atoms with Gasteiger partial charge in [-0.15, -0.1) is 11.8 Å². The van der Waals surface area contributed by atoms with Crippen molar-refractivity contribution >= 4 is 11.8 Å². The van der Waals surface area contributed by atoms with Crippen LogP contribution < -0.4 is 5.73 Å². The Morgan fingerprint density at radius 1 is 1.29 bits per heavy atom. The second-order valence-corrected chi connectivity index (χ2v) is 7.00. The minimum absolute atomic E-state index is 0.421. The van der Waals surface area contributed by atoms with Crippen molar-refractivity contribution in [3.63, 3.8) is 0 Å². The second kappa shape index (κ2) is 6.20. The standard InChI is InChI=1S/C16H21N3OS/c1-12-7-9-16(17,10-8-12)15-18-14(19-20-15)11-21-13-5-3-2-4-6-13/h2-6,12H,7-11,17H2,1H3. The molecule has 1 aromatic carbocycles. The van der Waals surface area contributed by atoms with Crippen LogP contribution in [-0.4, -0.2) is 10.1 Å². The molecule has 2 aromatic rings. The average molecular weight is 303 g/mol. The van der Waals surface area contributed by atoms with Gasteiger partial charge in [-0.3, -0.25) is 0 Å². The predicted molar refractivity (Wildman–Crippen MR) is 83.8 cm³/mol. The molecule has 0 spiro atoms. The molecule has 0 bridgehead atoms. The molecule has 0 saturated heterocycles. The van der Waals surface area contributed by atoms with Crippen molar-refractivity contribution in [3.05, 3.63) is 42.0 Å². The first-order chi connectivity index (χ1) is 10.2. The van der Waals surface area contributed by atoms with Gasteiger partial charge < -0.3 is 10.3 Å². The Hall–Kier alpha value is -1.33. The molecule has 4 nitrogen and oxygen atoms in total. The van der Waals surface area contributed by atoms with Crippen molar-refractivity contribution in [1.82, 2.24) is 10.1 Å². The van der Waals surface area contributed by atoms with E-state index in [-0.39, 0.29) is 0 Å². The van der Waals surface area contributed by atoms with Crippen molar-refractivity contribution in [3.8, 4) is 0 Å². The Morgan fingerprint density at radius 2 is 2.00 bits per heavy atom. The maximum absolute atomic E-state index is 6.46. The normalized spacial score (nSPS) is 25.9. The van der Waals surface area contributed by atoms with Crippen LogP contribution in [0.25, 0.3) is 0 Å². The van der Waals surface area contributed by atoms with Crippen LogP contribution in [0, 0.1) is 5.92 Å². The van der Waals surface area contributed by atoms with E-state index in [0.29, 0.717) is 11.6 Å². The van der Waals surface area contributed by atoms with Crippen LogP contribution in [0.3, 0.4) is 0 Å². The lowest BCUT2D eigenvalue weighted by Gasteiger charge is -2.32. The first kappa shape index (κ1) is 14.6. The highest BCUT2D eigenvalue weighted by Gasteiger charge is 2.37. The summed E-state index contributed by atoms with van der Waals surface area (Å²) >= 11 is 1.71. The quantitative estimate of drug-likeness (QED) is 0.872. The van der Waals surface area contributed by atoms with E-state index in [1.807, 2.05) is 18.2 Å². The maximum atomic E-state index is 6.46. The third-order valence-corrected chi connectivity index (χ3v) is 5.18. The largest absolute Gasteiger partial charge is 0.337 e. The molecule has 0 amide bonds. The van der Waals surface area contributed by atoms with Crippen molar-refractivity contribution in [2.24, 2.45) is 11.7 Å². The van der Waals surface area contributed by atoms with Gasteiger partial charge in [0, 0.05) is 4.90 Å². The van der Waals surface area contributed by atoms with E-state index in [0.717, 1.165) is 37.4 Å². The van der Waals surface area contributed by atoms with Crippen LogP contribution >= 0.6 is 11.8 Å². The molecule has 0 atom stereocenters. The zero-order valence-electron chi connectivity index (χ0n) is 12.3. The highest BCUT2D eigenvalue weighted by atomic mass is 32.2. The van der Waals surface area contributed by atoms with Gasteiger partial charge in [0.15, 0.2) is 5.82 Å². The number of nitrogens with zero attached hydrogens (tertiary/aromatic N) is 2. The van der Waals surface area contributed by atoms with Crippen LogP contribution in [0.5, 0.6) is 0 Å². The zero-order chi connectivity index (χ0) is 14.7. The number of benzene rings is 1. The van der Waals surface area contributed by atoms with Gasteiger partial charge in [0.2, 0.25) is 5.89 Å². The third kappa shape index (κ3) is 3.47. The number of hydrogen-bond donors (Lipinski definition) is 1. The van der Waals surface area contributed by atoms with Crippen molar-refractivity contribution in [2.45, 2.75) is 48.8 Å². The van der Waals surface area contributed by atoms with Crippen molar-refractivity contribution in [1.29, 1.82) is 0 Å². The zero-order valence-corrected chi connectivity index (χ0v) is 13.1. The van der Waals surface area contributed by atoms with E-state index in [9.17, 15) is 0 Å². The summed E-state index contributed by atoms with van der Waals surface area (Å²) in [6, 6.07) is 10.2. The molecular weight excluding hydrogens is 282 g/mol. The van der Waals surface area contributed by atoms with Gasteiger partial charge in [-0.2, -0.15) is 4.98 Å². The van der Waals surface area contributed by atoms with Crippen molar-refractivity contribution in [2.75, 3.05) is 0 Å². The molecule has 0 aliphatic heterocycles. The summed E-state index contributed by atoms with van der Waals surface area (Å²) < 4.78 is 5.43. The van der Waals surface area contributed by atoms with Crippen molar-refractivity contribution < 1.29 is 4.52 Å². The summed E-state index contributed by atoms with van der Waals surface area (Å²) in [6.07, 6.45) is 4.13. The van der Waals surface area contributed by atoms with E-state index < -0.39 is 5.54 Å². The molecule has 1 saturated carbocycles. The van der Waals surface area contributed by atoms with E-state index >= 15 is 0 Å². The number of hydrogen-bond acceptors (Lipinski definition) is 5. The monoisotopic (exact) mass is 303 g/mol. The van der Waals surface area contributed by atoms with Gasteiger partial charge in [-0.1, -0.05) is 30.3 Å². The van der Waals surface area contributed by atoms with Crippen LogP contribution in [-0.2, 0) is 11.3 Å². The van der Waals surface area contributed by atoms with Gasteiger partial charge in [0.25, 0.3) is 0 Å². The molecule has 1 heterocycles. The van der Waals surface area contributed by atoms with Gasteiger partial charge >= 0.3 is 0 Å². The number of aromatic nitrogens is 2. The van der Waals surface area contributed by atoms with E-state index in [2.05, 4.69) is 29.2 Å². The Balaban J connectivity index is 1.63. The lowest BCUT2D eigenvalue weighted by atomic mass is 9.78. The average Bonchev–Trinajstić information content (AvgIpc) is 2.99. The van der Waals surface area contributed by atoms with Crippen LogP contribution in [0.4, 0.5) is 0 Å². The smallest absolute Gasteiger partial charge is 0.246 e. The second-order valence-electron chi connectivity index (χ2n) is 5.96. The summed E-state index contributed by atoms with van der Waals surface area (Å²) in [5.74, 6) is 2.79. The fraction of sp³-hybridized carbons (Fsp3) is 0.500. The Morgan fingerprint density at radius 3 is 2.71 bits per heavy atom. The predicted octanol–water partition coefficient (Wildman–Crippen LogP) is 3.73. The minimum Gasteiger partial charge on any atom is -0.337 e. The molecule has 112 valence electrons. The Bertz CT molecular complexity index is 576. The Kier molecular flexibility index (Phi) is 4.31. The molecule has 0 radical (unpaired) electrons. The first-order valence-electron chi connectivity index (χ1n) is 7.45. The van der Waals surface area contributed by atoms with Gasteiger partial charge in [0.05, 0.1) is 11.3 Å². The highest BCUT2D eigenvalue weighted by Crippen LogP contribution is 2.36. The molecular formula is C16H21N3OS. The maximum Gasteiger partial charge on any atom is 0.246 e. The molecule has 1 aromatic heterocycles. The lowest BCUT2D eigenvalue weighted by Crippen LogP contribution is -2.40. The van der Waals surface area contributed by atoms with Gasteiger partial charge in [-0.25, -0.2) is 0 Å². The van der Waals surface area contributed by atoms with Crippen LogP contribution in [0.1, 0.15) is 44.3 Å². The van der Waals surface area contributed by atoms with Gasteiger partial charge in [0.1, 0.15) is 0 Å².